The highest BCUT2D eigenvalue weighted by Crippen LogP contribution is 2.41. The fourth-order valence-corrected chi connectivity index (χ4v) is 4.90. The van der Waals surface area contributed by atoms with Crippen LogP contribution in [0.2, 0.25) is 0 Å². The first-order valence-electron chi connectivity index (χ1n) is 13.3. The van der Waals surface area contributed by atoms with Crippen molar-refractivity contribution in [1.29, 1.82) is 0 Å². The summed E-state index contributed by atoms with van der Waals surface area (Å²) in [7, 11) is 3.83. The molecule has 0 aliphatic carbocycles. The van der Waals surface area contributed by atoms with E-state index in [9.17, 15) is 40.7 Å². The van der Waals surface area contributed by atoms with E-state index in [0.29, 0.717) is 35.2 Å². The maximum absolute atomic E-state index is 13.2. The predicted molar refractivity (Wildman–Crippen MR) is 146 cm³/mol. The van der Waals surface area contributed by atoms with Crippen LogP contribution in [-0.4, -0.2) is 67.2 Å². The van der Waals surface area contributed by atoms with E-state index in [1.165, 1.54) is 18.2 Å². The largest absolute Gasteiger partial charge is 0.573 e. The van der Waals surface area contributed by atoms with Crippen molar-refractivity contribution in [1.82, 2.24) is 20.1 Å². The van der Waals surface area contributed by atoms with E-state index < -0.39 is 36.3 Å². The highest BCUT2D eigenvalue weighted by Gasteiger charge is 2.42. The smallest absolute Gasteiger partial charge is 0.406 e. The molecule has 0 saturated heterocycles. The Kier molecular flexibility index (Phi) is 9.56. The van der Waals surface area contributed by atoms with Crippen molar-refractivity contribution in [2.75, 3.05) is 27.2 Å². The number of ether oxygens (including phenoxy) is 2. The number of alkyl halides is 6. The van der Waals surface area contributed by atoms with Crippen LogP contribution < -0.4 is 15.4 Å². The number of hydrogen-bond acceptors (Lipinski definition) is 6. The molecule has 2 amide bonds. The van der Waals surface area contributed by atoms with Gasteiger partial charge in [0, 0.05) is 37.0 Å². The van der Waals surface area contributed by atoms with Crippen molar-refractivity contribution < 1.29 is 50.2 Å². The highest BCUT2D eigenvalue weighted by molar-refractivity contribution is 6.05. The second-order valence-corrected chi connectivity index (χ2v) is 10.3. The number of rotatable bonds is 9. The number of nitrogens with zero attached hydrogens (tertiary/aromatic N) is 2. The molecule has 0 saturated carbocycles. The summed E-state index contributed by atoms with van der Waals surface area (Å²) in [6, 6.07) is 12.4. The van der Waals surface area contributed by atoms with Crippen LogP contribution in [0.25, 0.3) is 22.3 Å². The molecule has 0 bridgehead atoms. The molecule has 1 atom stereocenters. The van der Waals surface area contributed by atoms with Gasteiger partial charge < -0.3 is 29.6 Å². The van der Waals surface area contributed by atoms with Gasteiger partial charge in [0.25, 0.3) is 5.91 Å². The van der Waals surface area contributed by atoms with Crippen LogP contribution in [0.15, 0.2) is 54.7 Å². The average molecular weight is 627 g/mol. The Morgan fingerprint density at radius 3 is 2.39 bits per heavy atom. The summed E-state index contributed by atoms with van der Waals surface area (Å²) in [5.41, 5.74) is 3.24. The molecular weight excluding hydrogens is 598 g/mol. The number of carbonyl (C=O) groups is 3. The maximum atomic E-state index is 13.2. The Labute approximate surface area is 247 Å². The third-order valence-corrected chi connectivity index (χ3v) is 6.66. The van der Waals surface area contributed by atoms with Gasteiger partial charge in [0.15, 0.2) is 0 Å². The minimum Gasteiger partial charge on any atom is -0.406 e. The van der Waals surface area contributed by atoms with Crippen LogP contribution in [0.4, 0.5) is 31.1 Å². The Hall–Kier alpha value is -4.53. The van der Waals surface area contributed by atoms with Crippen LogP contribution in [0, 0.1) is 0 Å². The summed E-state index contributed by atoms with van der Waals surface area (Å²) in [5, 5.41) is 4.90. The lowest BCUT2D eigenvalue weighted by atomic mass is 9.95. The zero-order valence-corrected chi connectivity index (χ0v) is 23.5. The molecule has 0 unspecified atom stereocenters. The number of amides is 2. The molecule has 4 rings (SSSR count). The average Bonchev–Trinajstić information content (AvgIpc) is 3.33. The van der Waals surface area contributed by atoms with Gasteiger partial charge in [-0.15, -0.1) is 13.2 Å². The second-order valence-electron chi connectivity index (χ2n) is 10.3. The zero-order valence-electron chi connectivity index (χ0n) is 23.5. The normalized spacial score (nSPS) is 15.0. The van der Waals surface area contributed by atoms with Crippen LogP contribution >= 0.6 is 0 Å². The van der Waals surface area contributed by atoms with E-state index in [0.717, 1.165) is 5.56 Å². The molecule has 2 N–H and O–H groups in total. The van der Waals surface area contributed by atoms with Gasteiger partial charge in [-0.05, 0) is 55.8 Å². The van der Waals surface area contributed by atoms with E-state index in [-0.39, 0.29) is 31.2 Å². The number of esters is 1. The lowest BCUT2D eigenvalue weighted by Crippen LogP contribution is -2.39. The number of nitrogens with one attached hydrogen (secondary N) is 2. The minimum atomic E-state index is -5.32. The lowest BCUT2D eigenvalue weighted by molar-refractivity contribution is -0.274. The number of benzene rings is 2. The molecule has 9 nitrogen and oxygen atoms in total. The quantitative estimate of drug-likeness (QED) is 0.138. The van der Waals surface area contributed by atoms with Crippen LogP contribution in [0.3, 0.4) is 0 Å². The molecule has 236 valence electrons. The van der Waals surface area contributed by atoms with Crippen LogP contribution in [0.5, 0.6) is 5.75 Å². The van der Waals surface area contributed by atoms with Crippen molar-refractivity contribution in [2.45, 2.75) is 38.0 Å². The summed E-state index contributed by atoms with van der Waals surface area (Å²) >= 11 is 0. The summed E-state index contributed by atoms with van der Waals surface area (Å²) in [5.74, 6) is -3.48. The first-order chi connectivity index (χ1) is 20.6. The van der Waals surface area contributed by atoms with E-state index >= 15 is 0 Å². The Morgan fingerprint density at radius 2 is 1.75 bits per heavy atom. The first kappa shape index (κ1) is 32.4. The molecule has 0 fully saturated rings. The maximum Gasteiger partial charge on any atom is 0.573 e. The van der Waals surface area contributed by atoms with Crippen molar-refractivity contribution >= 4 is 18.0 Å². The monoisotopic (exact) mass is 626 g/mol. The summed E-state index contributed by atoms with van der Waals surface area (Å²) in [4.78, 5) is 37.6. The van der Waals surface area contributed by atoms with Crippen LogP contribution in [0.1, 0.15) is 34.9 Å². The minimum absolute atomic E-state index is 0.130. The van der Waals surface area contributed by atoms with Gasteiger partial charge in [0.1, 0.15) is 11.4 Å². The number of alkyl carbamates (subject to hydrolysis) is 1. The van der Waals surface area contributed by atoms with Crippen molar-refractivity contribution in [2.24, 2.45) is 0 Å². The molecule has 1 aromatic heterocycles. The molecule has 0 spiro atoms. The molecule has 15 heteroatoms. The van der Waals surface area contributed by atoms with Gasteiger partial charge in [-0.25, -0.2) is 9.59 Å². The third kappa shape index (κ3) is 8.09. The van der Waals surface area contributed by atoms with Gasteiger partial charge in [-0.2, -0.15) is 13.2 Å². The molecule has 2 heterocycles. The van der Waals surface area contributed by atoms with Crippen molar-refractivity contribution in [3.63, 3.8) is 0 Å². The van der Waals surface area contributed by atoms with Gasteiger partial charge in [-0.3, -0.25) is 4.79 Å². The first-order valence-corrected chi connectivity index (χ1v) is 13.3. The number of fused-ring (bicyclic) bond motifs is 1. The SMILES string of the molecule is CN(C)Cc1ccc(-c2c(-c3cccc(OC(F)(F)F)c3)cn3c2C(=O)NC[C@@H]3CCCNC(=O)OC(=O)C(F)(F)F)cc1. The summed E-state index contributed by atoms with van der Waals surface area (Å²) in [6.45, 7) is 0.705. The Balaban J connectivity index is 1.65. The molecule has 3 aromatic rings. The summed E-state index contributed by atoms with van der Waals surface area (Å²) < 4.78 is 85.3. The lowest BCUT2D eigenvalue weighted by Gasteiger charge is -2.27. The van der Waals surface area contributed by atoms with Crippen molar-refractivity contribution in [3.8, 4) is 28.0 Å². The van der Waals surface area contributed by atoms with Crippen LogP contribution in [-0.2, 0) is 16.1 Å². The number of carbonyl (C=O) groups excluding carboxylic acids is 3. The highest BCUT2D eigenvalue weighted by atomic mass is 19.4. The molecule has 2 aromatic carbocycles. The van der Waals surface area contributed by atoms with E-state index in [1.807, 2.05) is 43.3 Å². The standard InChI is InChI=1S/C29H28F6N4O5/c1-38(2)15-17-8-10-18(11-9-17)23-22(19-5-3-7-21(13-19)44-29(33,34)35)16-39-20(14-37-25(40)24(23)39)6-4-12-36-27(42)43-26(41)28(30,31)32/h3,5,7-11,13,16,20H,4,6,12,14-15H2,1-2H3,(H,36,42)(H,37,40)/t20-/m0/s1. The molecular formula is C29H28F6N4O5. The van der Waals surface area contributed by atoms with Gasteiger partial charge in [0.2, 0.25) is 0 Å². The van der Waals surface area contributed by atoms with E-state index in [4.69, 9.17) is 0 Å². The van der Waals surface area contributed by atoms with E-state index in [2.05, 4.69) is 20.1 Å². The molecule has 1 aliphatic rings. The van der Waals surface area contributed by atoms with Gasteiger partial charge >= 0.3 is 24.6 Å². The predicted octanol–water partition coefficient (Wildman–Crippen LogP) is 5.66. The molecule has 1 aliphatic heterocycles. The number of aromatic nitrogens is 1. The van der Waals surface area contributed by atoms with Gasteiger partial charge in [0.05, 0.1) is 6.04 Å². The molecule has 0 radical (unpaired) electrons. The fraction of sp³-hybridized carbons (Fsp3) is 0.345. The Morgan fingerprint density at radius 1 is 1.05 bits per heavy atom. The van der Waals surface area contributed by atoms with Crippen molar-refractivity contribution in [3.05, 3.63) is 66.0 Å². The number of hydrogen-bond donors (Lipinski definition) is 2. The second kappa shape index (κ2) is 13.0. The molecule has 44 heavy (non-hydrogen) atoms. The van der Waals surface area contributed by atoms with E-state index in [1.54, 1.807) is 16.8 Å². The fourth-order valence-electron chi connectivity index (χ4n) is 4.90. The topological polar surface area (TPSA) is 102 Å². The summed E-state index contributed by atoms with van der Waals surface area (Å²) in [6.07, 6.45) is -9.55. The van der Waals surface area contributed by atoms with Gasteiger partial charge in [-0.1, -0.05) is 36.4 Å². The third-order valence-electron chi connectivity index (χ3n) is 6.66. The Bertz CT molecular complexity index is 1520. The number of halogens is 6. The zero-order chi connectivity index (χ0) is 32.2.